The second-order valence-corrected chi connectivity index (χ2v) is 4.62. The summed E-state index contributed by atoms with van der Waals surface area (Å²) in [5, 5.41) is 6.91. The Kier molecular flexibility index (Phi) is 5.68. The van der Waals surface area contributed by atoms with Crippen molar-refractivity contribution >= 4 is 0 Å². The average Bonchev–Trinajstić information content (AvgIpc) is 2.88. The summed E-state index contributed by atoms with van der Waals surface area (Å²) in [5.74, 6) is 0.780. The van der Waals surface area contributed by atoms with Gasteiger partial charge in [-0.25, -0.2) is 8.78 Å². The minimum atomic E-state index is -2.52. The normalized spacial score (nSPS) is 11.0. The number of benzene rings is 1. The van der Waals surface area contributed by atoms with Crippen LogP contribution in [0, 0.1) is 0 Å². The third-order valence-corrected chi connectivity index (χ3v) is 3.06. The first-order valence-corrected chi connectivity index (χ1v) is 6.87. The van der Waals surface area contributed by atoms with E-state index in [1.54, 1.807) is 7.05 Å². The van der Waals surface area contributed by atoms with Gasteiger partial charge in [0.05, 0.1) is 12.8 Å². The molecule has 1 heterocycles. The van der Waals surface area contributed by atoms with Gasteiger partial charge in [0, 0.05) is 25.1 Å². The highest BCUT2D eigenvalue weighted by molar-refractivity contribution is 5.21. The number of hydrogen-bond donors (Lipinski definition) is 1. The lowest BCUT2D eigenvalue weighted by Gasteiger charge is -2.10. The Balaban J connectivity index is 1.88. The van der Waals surface area contributed by atoms with E-state index in [-0.39, 0.29) is 5.69 Å². The molecule has 0 saturated heterocycles. The molecule has 0 aliphatic carbocycles. The summed E-state index contributed by atoms with van der Waals surface area (Å²) >= 11 is 0. The van der Waals surface area contributed by atoms with Crippen molar-refractivity contribution in [2.45, 2.75) is 25.9 Å². The quantitative estimate of drug-likeness (QED) is 0.761. The van der Waals surface area contributed by atoms with E-state index >= 15 is 0 Å². The molecule has 1 N–H and O–H groups in total. The molecule has 2 aromatic rings. The largest absolute Gasteiger partial charge is 0.494 e. The number of ether oxygens (including phenoxy) is 1. The Bertz CT molecular complexity index is 543. The molecule has 4 nitrogen and oxygen atoms in total. The van der Waals surface area contributed by atoms with Crippen LogP contribution >= 0.6 is 0 Å². The van der Waals surface area contributed by atoms with Crippen molar-refractivity contribution in [2.24, 2.45) is 0 Å². The number of hydrogen-bond acceptors (Lipinski definition) is 3. The highest BCUT2D eigenvalue weighted by Crippen LogP contribution is 2.23. The number of rotatable bonds is 8. The van der Waals surface area contributed by atoms with Gasteiger partial charge in [0.25, 0.3) is 6.43 Å². The summed E-state index contributed by atoms with van der Waals surface area (Å²) < 4.78 is 33.1. The third-order valence-electron chi connectivity index (χ3n) is 3.06. The first-order chi connectivity index (χ1) is 10.2. The molecule has 0 aliphatic rings. The van der Waals surface area contributed by atoms with E-state index in [0.29, 0.717) is 31.7 Å². The Labute approximate surface area is 122 Å². The molecule has 0 amide bonds. The van der Waals surface area contributed by atoms with E-state index in [9.17, 15) is 8.78 Å². The fraction of sp³-hybridized carbons (Fsp3) is 0.400. The molecule has 1 aromatic carbocycles. The zero-order chi connectivity index (χ0) is 15.1. The minimum absolute atomic E-state index is 0.0101. The fourth-order valence-electron chi connectivity index (χ4n) is 2.11. The van der Waals surface area contributed by atoms with Gasteiger partial charge in [0.15, 0.2) is 0 Å². The van der Waals surface area contributed by atoms with Gasteiger partial charge in [-0.15, -0.1) is 0 Å². The zero-order valence-electron chi connectivity index (χ0n) is 11.9. The zero-order valence-corrected chi connectivity index (χ0v) is 11.9. The van der Waals surface area contributed by atoms with Gasteiger partial charge in [0.2, 0.25) is 0 Å². The molecule has 0 unspecified atom stereocenters. The molecule has 1 aromatic heterocycles. The second-order valence-electron chi connectivity index (χ2n) is 4.62. The number of para-hydroxylation sites is 1. The summed E-state index contributed by atoms with van der Waals surface area (Å²) in [7, 11) is 1.72. The van der Waals surface area contributed by atoms with Gasteiger partial charge < -0.3 is 10.1 Å². The van der Waals surface area contributed by atoms with E-state index in [0.717, 1.165) is 5.75 Å². The summed E-state index contributed by atoms with van der Waals surface area (Å²) in [4.78, 5) is 0. The van der Waals surface area contributed by atoms with Gasteiger partial charge in [-0.2, -0.15) is 5.10 Å². The van der Waals surface area contributed by atoms with Gasteiger partial charge in [0.1, 0.15) is 11.4 Å². The van der Waals surface area contributed by atoms with Crippen LogP contribution in [-0.4, -0.2) is 23.4 Å². The maximum absolute atomic E-state index is 13.1. The van der Waals surface area contributed by atoms with Crippen LogP contribution in [0.4, 0.5) is 8.78 Å². The lowest BCUT2D eigenvalue weighted by molar-refractivity contribution is 0.136. The van der Waals surface area contributed by atoms with Gasteiger partial charge in [-0.1, -0.05) is 18.2 Å². The molecule has 2 rings (SSSR count). The molecule has 0 saturated carbocycles. The molecule has 0 bridgehead atoms. The average molecular weight is 295 g/mol. The molecule has 114 valence electrons. The Morgan fingerprint density at radius 3 is 2.71 bits per heavy atom. The maximum atomic E-state index is 13.1. The number of aryl methyl sites for hydroxylation is 1. The van der Waals surface area contributed by atoms with Crippen molar-refractivity contribution in [2.75, 3.05) is 13.7 Å². The lowest BCUT2D eigenvalue weighted by Crippen LogP contribution is -2.12. The molecule has 0 radical (unpaired) electrons. The molecule has 21 heavy (non-hydrogen) atoms. The number of nitrogens with one attached hydrogen (secondary N) is 1. The highest BCUT2D eigenvalue weighted by Gasteiger charge is 2.19. The first kappa shape index (κ1) is 15.4. The van der Waals surface area contributed by atoms with Crippen LogP contribution in [0.15, 0.2) is 36.5 Å². The summed E-state index contributed by atoms with van der Waals surface area (Å²) in [5.41, 5.74) is 0.528. The van der Waals surface area contributed by atoms with Crippen LogP contribution in [0.5, 0.6) is 5.75 Å². The van der Waals surface area contributed by atoms with Crippen LogP contribution < -0.4 is 10.1 Å². The van der Waals surface area contributed by atoms with Crippen LogP contribution in [0.2, 0.25) is 0 Å². The molecule has 0 aliphatic heterocycles. The molecule has 6 heteroatoms. The fourth-order valence-corrected chi connectivity index (χ4v) is 2.11. The van der Waals surface area contributed by atoms with Crippen molar-refractivity contribution < 1.29 is 13.5 Å². The highest BCUT2D eigenvalue weighted by atomic mass is 19.3. The van der Waals surface area contributed by atoms with Crippen LogP contribution in [-0.2, 0) is 13.1 Å². The van der Waals surface area contributed by atoms with Gasteiger partial charge >= 0.3 is 0 Å². The Hall–Kier alpha value is -1.95. The summed E-state index contributed by atoms with van der Waals surface area (Å²) in [6, 6.07) is 9.42. The van der Waals surface area contributed by atoms with E-state index in [1.165, 1.54) is 10.9 Å². The van der Waals surface area contributed by atoms with Crippen LogP contribution in [0.3, 0.4) is 0 Å². The van der Waals surface area contributed by atoms with Crippen molar-refractivity contribution in [1.29, 1.82) is 0 Å². The third kappa shape index (κ3) is 4.26. The molecular weight excluding hydrogens is 276 g/mol. The Morgan fingerprint density at radius 2 is 2.05 bits per heavy atom. The lowest BCUT2D eigenvalue weighted by atomic mass is 10.2. The minimum Gasteiger partial charge on any atom is -0.494 e. The van der Waals surface area contributed by atoms with Crippen molar-refractivity contribution in [3.05, 3.63) is 47.8 Å². The molecular formula is C15H19F2N3O. The number of alkyl halides is 2. The van der Waals surface area contributed by atoms with Crippen LogP contribution in [0.1, 0.15) is 24.1 Å². The predicted molar refractivity (Wildman–Crippen MR) is 76.5 cm³/mol. The van der Waals surface area contributed by atoms with E-state index < -0.39 is 6.43 Å². The molecule has 0 atom stereocenters. The van der Waals surface area contributed by atoms with Gasteiger partial charge in [-0.05, 0) is 19.2 Å². The second kappa shape index (κ2) is 7.73. The topological polar surface area (TPSA) is 39.1 Å². The number of aromatic nitrogens is 2. The van der Waals surface area contributed by atoms with Crippen molar-refractivity contribution in [1.82, 2.24) is 15.1 Å². The molecule has 0 fully saturated rings. The SMILES string of the molecule is CNCc1cnn(CCCOc2ccccc2)c1C(F)F. The van der Waals surface area contributed by atoms with Crippen LogP contribution in [0.25, 0.3) is 0 Å². The van der Waals surface area contributed by atoms with Gasteiger partial charge in [-0.3, -0.25) is 4.68 Å². The van der Waals surface area contributed by atoms with Crippen molar-refractivity contribution in [3.8, 4) is 5.75 Å². The maximum Gasteiger partial charge on any atom is 0.280 e. The first-order valence-electron chi connectivity index (χ1n) is 6.87. The van der Waals surface area contributed by atoms with Crippen molar-refractivity contribution in [3.63, 3.8) is 0 Å². The standard InChI is InChI=1S/C15H19F2N3O/c1-18-10-12-11-19-20(14(12)15(16)17)8-5-9-21-13-6-3-2-4-7-13/h2-4,6-7,11,15,18H,5,8-10H2,1H3. The van der Waals surface area contributed by atoms with E-state index in [1.807, 2.05) is 30.3 Å². The Morgan fingerprint density at radius 1 is 1.29 bits per heavy atom. The summed E-state index contributed by atoms with van der Waals surface area (Å²) in [6.07, 6.45) is -0.406. The summed E-state index contributed by atoms with van der Waals surface area (Å²) in [6.45, 7) is 1.27. The predicted octanol–water partition coefficient (Wildman–Crippen LogP) is 3.01. The smallest absolute Gasteiger partial charge is 0.280 e. The molecule has 0 spiro atoms. The monoisotopic (exact) mass is 295 g/mol. The number of halogens is 2. The van der Waals surface area contributed by atoms with E-state index in [4.69, 9.17) is 4.74 Å². The number of nitrogens with zero attached hydrogens (tertiary/aromatic N) is 2. The van der Waals surface area contributed by atoms with E-state index in [2.05, 4.69) is 10.4 Å².